The van der Waals surface area contributed by atoms with Gasteiger partial charge >= 0.3 is 5.97 Å². The Morgan fingerprint density at radius 1 is 1.00 bits per heavy atom. The molecule has 1 N–H and O–H groups in total. The Morgan fingerprint density at radius 2 is 1.72 bits per heavy atom. The third kappa shape index (κ3) is 3.71. The normalized spacial score (nSPS) is 15.1. The minimum atomic E-state index is -3.66. The molecular weight excluding hydrogens is 435 g/mol. The maximum absolute atomic E-state index is 12.8. The molecule has 1 saturated heterocycles. The molecule has 1 fully saturated rings. The van der Waals surface area contributed by atoms with E-state index in [9.17, 15) is 18.3 Å². The lowest BCUT2D eigenvalue weighted by molar-refractivity contribution is 0.0699. The first-order valence-electron chi connectivity index (χ1n) is 8.91. The second-order valence-corrected chi connectivity index (χ2v) is 9.53. The van der Waals surface area contributed by atoms with E-state index in [1.807, 2.05) is 0 Å². The summed E-state index contributed by atoms with van der Waals surface area (Å²) in [6, 6.07) is 10.7. The molecule has 6 nitrogen and oxygen atoms in total. The van der Waals surface area contributed by atoms with Crippen LogP contribution in [0.4, 0.5) is 0 Å². The fourth-order valence-corrected chi connectivity index (χ4v) is 5.27. The third-order valence-electron chi connectivity index (χ3n) is 4.93. The van der Waals surface area contributed by atoms with Gasteiger partial charge in [0.2, 0.25) is 10.0 Å². The molecule has 3 aromatic rings. The lowest BCUT2D eigenvalue weighted by atomic mass is 10.0. The van der Waals surface area contributed by atoms with E-state index in [0.717, 1.165) is 12.8 Å². The fourth-order valence-electron chi connectivity index (χ4n) is 3.42. The molecule has 4 rings (SSSR count). The van der Waals surface area contributed by atoms with Gasteiger partial charge in [0.05, 0.1) is 31.7 Å². The van der Waals surface area contributed by atoms with Crippen molar-refractivity contribution in [2.45, 2.75) is 17.7 Å². The first kappa shape index (κ1) is 20.1. The quantitative estimate of drug-likeness (QED) is 0.622. The fraction of sp³-hybridized carbons (Fsp3) is 0.200. The summed E-state index contributed by atoms with van der Waals surface area (Å²) in [7, 11) is -3.66. The van der Waals surface area contributed by atoms with Crippen LogP contribution in [0.5, 0.6) is 0 Å². The summed E-state index contributed by atoms with van der Waals surface area (Å²) in [5, 5.41) is 10.7. The topological polar surface area (TPSA) is 87.6 Å². The van der Waals surface area contributed by atoms with E-state index in [0.29, 0.717) is 39.9 Å². The molecule has 0 atom stereocenters. The number of aromatic nitrogens is 1. The molecule has 29 heavy (non-hydrogen) atoms. The minimum Gasteiger partial charge on any atom is -0.478 e. The Kier molecular flexibility index (Phi) is 5.25. The van der Waals surface area contributed by atoms with Crippen molar-refractivity contribution in [2.24, 2.45) is 0 Å². The lowest BCUT2D eigenvalue weighted by Crippen LogP contribution is -2.27. The zero-order valence-corrected chi connectivity index (χ0v) is 17.4. The Balaban J connectivity index is 1.88. The number of halogens is 2. The molecule has 0 spiro atoms. The second-order valence-electron chi connectivity index (χ2n) is 6.78. The highest BCUT2D eigenvalue weighted by atomic mass is 35.5. The summed E-state index contributed by atoms with van der Waals surface area (Å²) >= 11 is 12.0. The third-order valence-corrected chi connectivity index (χ3v) is 7.56. The molecule has 2 aromatic carbocycles. The van der Waals surface area contributed by atoms with Crippen LogP contribution >= 0.6 is 23.2 Å². The number of carbonyl (C=O) groups is 1. The van der Waals surface area contributed by atoms with Gasteiger partial charge in [-0.05, 0) is 49.2 Å². The van der Waals surface area contributed by atoms with Crippen LogP contribution in [0.25, 0.3) is 22.2 Å². The van der Waals surface area contributed by atoms with Gasteiger partial charge in [-0.3, -0.25) is 0 Å². The maximum atomic E-state index is 12.8. The van der Waals surface area contributed by atoms with Gasteiger partial charge in [0.25, 0.3) is 0 Å². The number of carboxylic acid groups (broad SMARTS) is 1. The summed E-state index contributed by atoms with van der Waals surface area (Å²) in [5.74, 6) is -1.17. The maximum Gasteiger partial charge on any atom is 0.336 e. The van der Waals surface area contributed by atoms with E-state index in [-0.39, 0.29) is 15.8 Å². The van der Waals surface area contributed by atoms with Gasteiger partial charge in [-0.2, -0.15) is 4.31 Å². The molecule has 9 heteroatoms. The van der Waals surface area contributed by atoms with Crippen molar-refractivity contribution in [1.29, 1.82) is 0 Å². The number of hydrogen-bond acceptors (Lipinski definition) is 4. The van der Waals surface area contributed by atoms with Crippen molar-refractivity contribution in [3.63, 3.8) is 0 Å². The van der Waals surface area contributed by atoms with E-state index >= 15 is 0 Å². The number of pyridine rings is 1. The van der Waals surface area contributed by atoms with Gasteiger partial charge in [0.15, 0.2) is 0 Å². The summed E-state index contributed by atoms with van der Waals surface area (Å²) < 4.78 is 27.1. The average Bonchev–Trinajstić information content (AvgIpc) is 3.24. The van der Waals surface area contributed by atoms with E-state index in [2.05, 4.69) is 4.98 Å². The van der Waals surface area contributed by atoms with Gasteiger partial charge in [-0.25, -0.2) is 18.2 Å². The molecule has 0 unspecified atom stereocenters. The molecule has 0 radical (unpaired) electrons. The van der Waals surface area contributed by atoms with Gasteiger partial charge in [0.1, 0.15) is 0 Å². The summed E-state index contributed by atoms with van der Waals surface area (Å²) in [6.07, 6.45) is 1.64. The van der Waals surface area contributed by atoms with Crippen LogP contribution in [-0.2, 0) is 10.0 Å². The highest BCUT2D eigenvalue weighted by Crippen LogP contribution is 2.31. The molecule has 0 saturated carbocycles. The number of sulfonamides is 1. The van der Waals surface area contributed by atoms with Crippen molar-refractivity contribution in [3.8, 4) is 11.3 Å². The first-order chi connectivity index (χ1) is 13.8. The molecular formula is C20H16Cl2N2O4S. The molecule has 2 heterocycles. The number of hydrogen-bond donors (Lipinski definition) is 1. The van der Waals surface area contributed by atoms with E-state index in [4.69, 9.17) is 23.2 Å². The predicted octanol–water partition coefficient (Wildman–Crippen LogP) is 4.69. The standard InChI is InChI=1S/C20H16Cl2N2O4S/c21-16-5-3-12(9-17(16)22)19-11-15(20(25)26)14-10-13(4-6-18(14)23-19)29(27,28)24-7-1-2-8-24/h3-6,9-11H,1-2,7-8H2,(H,25,26). The first-order valence-corrected chi connectivity index (χ1v) is 11.1. The molecule has 150 valence electrons. The van der Waals surface area contributed by atoms with Crippen LogP contribution < -0.4 is 0 Å². The van der Waals surface area contributed by atoms with Gasteiger partial charge in [-0.15, -0.1) is 0 Å². The Morgan fingerprint density at radius 3 is 2.38 bits per heavy atom. The number of benzene rings is 2. The van der Waals surface area contributed by atoms with E-state index < -0.39 is 16.0 Å². The van der Waals surface area contributed by atoms with Crippen LogP contribution in [0.2, 0.25) is 10.0 Å². The SMILES string of the molecule is O=C(O)c1cc(-c2ccc(Cl)c(Cl)c2)nc2ccc(S(=O)(=O)N3CCCC3)cc12. The van der Waals surface area contributed by atoms with Gasteiger partial charge in [0, 0.05) is 24.0 Å². The molecule has 0 aliphatic carbocycles. The molecule has 1 aliphatic heterocycles. The van der Waals surface area contributed by atoms with Crippen molar-refractivity contribution in [3.05, 3.63) is 58.1 Å². The highest BCUT2D eigenvalue weighted by molar-refractivity contribution is 7.89. The van der Waals surface area contributed by atoms with Gasteiger partial charge in [-0.1, -0.05) is 29.3 Å². The monoisotopic (exact) mass is 450 g/mol. The summed E-state index contributed by atoms with van der Waals surface area (Å²) in [4.78, 5) is 16.5. The van der Waals surface area contributed by atoms with E-state index in [1.54, 1.807) is 18.2 Å². The second kappa shape index (κ2) is 7.57. The Labute approximate surface area is 177 Å². The predicted molar refractivity (Wildman–Crippen MR) is 112 cm³/mol. The summed E-state index contributed by atoms with van der Waals surface area (Å²) in [6.45, 7) is 0.946. The summed E-state index contributed by atoms with van der Waals surface area (Å²) in [5.41, 5.74) is 1.36. The Bertz CT molecular complexity index is 1240. The smallest absolute Gasteiger partial charge is 0.336 e. The van der Waals surface area contributed by atoms with Crippen LogP contribution in [-0.4, -0.2) is 41.9 Å². The zero-order chi connectivity index (χ0) is 20.8. The van der Waals surface area contributed by atoms with Crippen molar-refractivity contribution in [2.75, 3.05) is 13.1 Å². The highest BCUT2D eigenvalue weighted by Gasteiger charge is 2.28. The van der Waals surface area contributed by atoms with Crippen LogP contribution in [0.15, 0.2) is 47.4 Å². The van der Waals surface area contributed by atoms with Crippen molar-refractivity contribution in [1.82, 2.24) is 9.29 Å². The molecule has 0 amide bonds. The number of carboxylic acids is 1. The van der Waals surface area contributed by atoms with Crippen molar-refractivity contribution < 1.29 is 18.3 Å². The average molecular weight is 451 g/mol. The van der Waals surface area contributed by atoms with Gasteiger partial charge < -0.3 is 5.11 Å². The van der Waals surface area contributed by atoms with Crippen LogP contribution in [0, 0.1) is 0 Å². The van der Waals surface area contributed by atoms with Crippen LogP contribution in [0.1, 0.15) is 23.2 Å². The van der Waals surface area contributed by atoms with Crippen molar-refractivity contribution >= 4 is 50.1 Å². The van der Waals surface area contributed by atoms with Crippen LogP contribution in [0.3, 0.4) is 0 Å². The zero-order valence-electron chi connectivity index (χ0n) is 15.1. The lowest BCUT2D eigenvalue weighted by Gasteiger charge is -2.16. The largest absolute Gasteiger partial charge is 0.478 e. The molecule has 0 bridgehead atoms. The molecule has 1 aromatic heterocycles. The molecule has 1 aliphatic rings. The minimum absolute atomic E-state index is 0.0328. The number of nitrogens with zero attached hydrogens (tertiary/aromatic N) is 2. The number of rotatable bonds is 4. The van der Waals surface area contributed by atoms with E-state index in [1.165, 1.54) is 28.6 Å². The Hall–Kier alpha value is -2.19. The number of fused-ring (bicyclic) bond motifs is 1. The number of aromatic carboxylic acids is 1.